The largest absolute Gasteiger partial charge is 0.497 e. The fraction of sp³-hybridized carbons (Fsp3) is 0.357. The zero-order chi connectivity index (χ0) is 13.7. The number of methoxy groups -OCH3 is 1. The third-order valence-corrected chi connectivity index (χ3v) is 2.79. The van der Waals surface area contributed by atoms with Gasteiger partial charge in [0.2, 0.25) is 0 Å². The Morgan fingerprint density at radius 1 is 1.37 bits per heavy atom. The first kappa shape index (κ1) is 13.4. The number of rotatable bonds is 6. The van der Waals surface area contributed by atoms with Gasteiger partial charge in [-0.3, -0.25) is 4.68 Å². The zero-order valence-electron chi connectivity index (χ0n) is 11.5. The highest BCUT2D eigenvalue weighted by Gasteiger charge is 2.06. The molecule has 0 atom stereocenters. The molecule has 0 saturated carbocycles. The molecule has 0 saturated heterocycles. The number of aromatic nitrogens is 2. The molecule has 5 heteroatoms. The first-order valence-electron chi connectivity index (χ1n) is 6.14. The summed E-state index contributed by atoms with van der Waals surface area (Å²) < 4.78 is 12.8. The van der Waals surface area contributed by atoms with Crippen molar-refractivity contribution in [3.8, 4) is 11.5 Å². The van der Waals surface area contributed by atoms with Crippen LogP contribution in [0.4, 0.5) is 0 Å². The van der Waals surface area contributed by atoms with Crippen LogP contribution in [0, 0.1) is 0 Å². The van der Waals surface area contributed by atoms with Gasteiger partial charge in [0, 0.05) is 37.0 Å². The Morgan fingerprint density at radius 3 is 2.84 bits per heavy atom. The van der Waals surface area contributed by atoms with Crippen LogP contribution in [0.15, 0.2) is 30.6 Å². The number of aryl methyl sites for hydroxylation is 1. The summed E-state index contributed by atoms with van der Waals surface area (Å²) in [4.78, 5) is 0. The highest BCUT2D eigenvalue weighted by atomic mass is 16.5. The van der Waals surface area contributed by atoms with Crippen molar-refractivity contribution < 1.29 is 9.47 Å². The van der Waals surface area contributed by atoms with Gasteiger partial charge in [-0.05, 0) is 13.1 Å². The lowest BCUT2D eigenvalue weighted by Crippen LogP contribution is -2.07. The molecule has 1 heterocycles. The molecule has 19 heavy (non-hydrogen) atoms. The van der Waals surface area contributed by atoms with E-state index in [1.165, 1.54) is 0 Å². The van der Waals surface area contributed by atoms with E-state index in [9.17, 15) is 0 Å². The Morgan fingerprint density at radius 2 is 2.21 bits per heavy atom. The van der Waals surface area contributed by atoms with Gasteiger partial charge in [-0.25, -0.2) is 0 Å². The van der Waals surface area contributed by atoms with Crippen LogP contribution in [0.5, 0.6) is 11.5 Å². The lowest BCUT2D eigenvalue weighted by Gasteiger charge is -2.12. The lowest BCUT2D eigenvalue weighted by molar-refractivity contribution is 0.299. The van der Waals surface area contributed by atoms with Crippen molar-refractivity contribution in [3.63, 3.8) is 0 Å². The van der Waals surface area contributed by atoms with Gasteiger partial charge in [0.05, 0.1) is 13.3 Å². The predicted molar refractivity (Wildman–Crippen MR) is 73.3 cm³/mol. The summed E-state index contributed by atoms with van der Waals surface area (Å²) in [6.45, 7) is 1.25. The van der Waals surface area contributed by atoms with Gasteiger partial charge in [0.15, 0.2) is 0 Å². The molecular formula is C14H19N3O2. The average Bonchev–Trinajstić information content (AvgIpc) is 2.83. The van der Waals surface area contributed by atoms with E-state index in [-0.39, 0.29) is 0 Å². The van der Waals surface area contributed by atoms with Gasteiger partial charge in [-0.1, -0.05) is 6.07 Å². The van der Waals surface area contributed by atoms with E-state index in [2.05, 4.69) is 10.4 Å². The molecule has 102 valence electrons. The van der Waals surface area contributed by atoms with Crippen molar-refractivity contribution in [2.45, 2.75) is 13.2 Å². The number of hydrogen-bond acceptors (Lipinski definition) is 4. The summed E-state index contributed by atoms with van der Waals surface area (Å²) >= 11 is 0. The second-order valence-corrected chi connectivity index (χ2v) is 4.31. The van der Waals surface area contributed by atoms with Crippen molar-refractivity contribution in [3.05, 3.63) is 41.7 Å². The maximum absolute atomic E-state index is 5.86. The molecule has 0 aliphatic carbocycles. The molecule has 0 aliphatic rings. The predicted octanol–water partition coefficient (Wildman–Crippen LogP) is 1.73. The van der Waals surface area contributed by atoms with Crippen molar-refractivity contribution in [2.75, 3.05) is 14.2 Å². The van der Waals surface area contributed by atoms with Crippen molar-refractivity contribution in [1.29, 1.82) is 0 Å². The quantitative estimate of drug-likeness (QED) is 0.860. The number of benzene rings is 1. The van der Waals surface area contributed by atoms with E-state index in [0.717, 1.165) is 29.2 Å². The van der Waals surface area contributed by atoms with Crippen LogP contribution < -0.4 is 14.8 Å². The van der Waals surface area contributed by atoms with Gasteiger partial charge in [0.1, 0.15) is 18.1 Å². The maximum Gasteiger partial charge on any atom is 0.127 e. The zero-order valence-corrected chi connectivity index (χ0v) is 11.5. The fourth-order valence-electron chi connectivity index (χ4n) is 1.84. The molecule has 0 amide bonds. The van der Waals surface area contributed by atoms with E-state index in [0.29, 0.717) is 6.61 Å². The molecule has 0 aliphatic heterocycles. The van der Waals surface area contributed by atoms with Crippen molar-refractivity contribution in [2.24, 2.45) is 7.05 Å². The average molecular weight is 261 g/mol. The van der Waals surface area contributed by atoms with E-state index < -0.39 is 0 Å². The third-order valence-electron chi connectivity index (χ3n) is 2.79. The molecule has 0 unspecified atom stereocenters. The standard InChI is InChI=1S/C14H19N3O2/c1-15-8-12-4-5-13(18-3)6-14(12)19-10-11-7-16-17(2)9-11/h4-7,9,15H,8,10H2,1-3H3. The van der Waals surface area contributed by atoms with Crippen LogP contribution in [-0.2, 0) is 20.2 Å². The van der Waals surface area contributed by atoms with E-state index in [1.54, 1.807) is 18.0 Å². The number of nitrogens with zero attached hydrogens (tertiary/aromatic N) is 2. The van der Waals surface area contributed by atoms with E-state index in [4.69, 9.17) is 9.47 Å². The molecule has 1 aromatic carbocycles. The number of hydrogen-bond donors (Lipinski definition) is 1. The number of ether oxygens (including phenoxy) is 2. The minimum Gasteiger partial charge on any atom is -0.497 e. The molecular weight excluding hydrogens is 242 g/mol. The van der Waals surface area contributed by atoms with Crippen LogP contribution in [0.3, 0.4) is 0 Å². The second-order valence-electron chi connectivity index (χ2n) is 4.31. The molecule has 1 aromatic heterocycles. The van der Waals surface area contributed by atoms with Gasteiger partial charge >= 0.3 is 0 Å². The van der Waals surface area contributed by atoms with Gasteiger partial charge in [-0.15, -0.1) is 0 Å². The Kier molecular flexibility index (Phi) is 4.41. The Bertz CT molecular complexity index is 537. The first-order chi connectivity index (χ1) is 9.22. The van der Waals surface area contributed by atoms with Crippen LogP contribution in [-0.4, -0.2) is 23.9 Å². The van der Waals surface area contributed by atoms with Crippen molar-refractivity contribution in [1.82, 2.24) is 15.1 Å². The van der Waals surface area contributed by atoms with E-state index in [1.807, 2.05) is 38.5 Å². The maximum atomic E-state index is 5.86. The lowest BCUT2D eigenvalue weighted by atomic mass is 10.2. The molecule has 5 nitrogen and oxygen atoms in total. The molecule has 0 radical (unpaired) electrons. The molecule has 2 rings (SSSR count). The van der Waals surface area contributed by atoms with Gasteiger partial charge < -0.3 is 14.8 Å². The first-order valence-corrected chi connectivity index (χ1v) is 6.14. The molecule has 2 aromatic rings. The van der Waals surface area contributed by atoms with Crippen LogP contribution in [0.25, 0.3) is 0 Å². The summed E-state index contributed by atoms with van der Waals surface area (Å²) in [6, 6.07) is 5.85. The smallest absolute Gasteiger partial charge is 0.127 e. The Labute approximate surface area is 113 Å². The summed E-state index contributed by atoms with van der Waals surface area (Å²) in [6.07, 6.45) is 3.75. The van der Waals surface area contributed by atoms with Crippen LogP contribution in [0.1, 0.15) is 11.1 Å². The molecule has 1 N–H and O–H groups in total. The molecule has 0 bridgehead atoms. The van der Waals surface area contributed by atoms with Gasteiger partial charge in [-0.2, -0.15) is 5.10 Å². The Balaban J connectivity index is 2.12. The molecule has 0 fully saturated rings. The highest BCUT2D eigenvalue weighted by Crippen LogP contribution is 2.25. The molecule has 0 spiro atoms. The minimum absolute atomic E-state index is 0.498. The highest BCUT2D eigenvalue weighted by molar-refractivity contribution is 5.40. The second kappa shape index (κ2) is 6.24. The van der Waals surface area contributed by atoms with Crippen molar-refractivity contribution >= 4 is 0 Å². The van der Waals surface area contributed by atoms with Crippen LogP contribution >= 0.6 is 0 Å². The summed E-state index contributed by atoms with van der Waals surface area (Å²) in [5, 5.41) is 7.25. The van der Waals surface area contributed by atoms with Crippen LogP contribution in [0.2, 0.25) is 0 Å². The van der Waals surface area contributed by atoms with Gasteiger partial charge in [0.25, 0.3) is 0 Å². The Hall–Kier alpha value is -2.01. The van der Waals surface area contributed by atoms with E-state index >= 15 is 0 Å². The third kappa shape index (κ3) is 3.48. The number of nitrogens with one attached hydrogen (secondary N) is 1. The normalized spacial score (nSPS) is 10.5. The summed E-state index contributed by atoms with van der Waals surface area (Å²) in [7, 11) is 5.45. The SMILES string of the molecule is CNCc1ccc(OC)cc1OCc1cnn(C)c1. The topological polar surface area (TPSA) is 48.3 Å². The minimum atomic E-state index is 0.498. The summed E-state index contributed by atoms with van der Waals surface area (Å²) in [5.41, 5.74) is 2.15. The fourth-order valence-corrected chi connectivity index (χ4v) is 1.84. The summed E-state index contributed by atoms with van der Waals surface area (Å²) in [5.74, 6) is 1.62. The monoisotopic (exact) mass is 261 g/mol.